The molecule has 0 N–H and O–H groups in total. The highest BCUT2D eigenvalue weighted by Crippen LogP contribution is 2.29. The van der Waals surface area contributed by atoms with E-state index in [9.17, 15) is 0 Å². The summed E-state index contributed by atoms with van der Waals surface area (Å²) < 4.78 is 6.10. The summed E-state index contributed by atoms with van der Waals surface area (Å²) in [6, 6.07) is 11.8. The lowest BCUT2D eigenvalue weighted by Gasteiger charge is -2.29. The van der Waals surface area contributed by atoms with Gasteiger partial charge in [-0.15, -0.1) is 10.2 Å². The summed E-state index contributed by atoms with van der Waals surface area (Å²) >= 11 is 1.39. The third-order valence-electron chi connectivity index (χ3n) is 4.32. The molecule has 0 atom stereocenters. The number of quaternary nitrogens is 1. The Bertz CT molecular complexity index is 945. The van der Waals surface area contributed by atoms with Gasteiger partial charge in [-0.3, -0.25) is 0 Å². The quantitative estimate of drug-likeness (QED) is 0.409. The first-order valence-corrected chi connectivity index (χ1v) is 10.1. The van der Waals surface area contributed by atoms with Gasteiger partial charge in [-0.25, -0.2) is 9.97 Å². The number of likely N-dealkylation sites (N-methyl/N-ethyl adjacent to an activating group) is 2. The molecule has 0 spiro atoms. The Balaban J connectivity index is 1.69. The Hall–Kier alpha value is -2.58. The van der Waals surface area contributed by atoms with Crippen molar-refractivity contribution in [2.45, 2.75) is 6.92 Å². The monoisotopic (exact) mass is 399 g/mol. The van der Waals surface area contributed by atoms with Crippen LogP contribution in [0.4, 0.5) is 16.5 Å². The number of ether oxygens (including phenoxy) is 1. The van der Waals surface area contributed by atoms with Crippen molar-refractivity contribution >= 4 is 38.2 Å². The van der Waals surface area contributed by atoms with Crippen LogP contribution >= 0.6 is 11.3 Å². The summed E-state index contributed by atoms with van der Waals surface area (Å²) in [6.07, 6.45) is 0. The number of rotatable bonds is 8. The average molecular weight is 400 g/mol. The lowest BCUT2D eigenvalue weighted by molar-refractivity contribution is -0.868. The van der Waals surface area contributed by atoms with Gasteiger partial charge in [0.15, 0.2) is 0 Å². The third kappa shape index (κ3) is 5.24. The number of anilines is 1. The normalized spacial score (nSPS) is 12.0. The fraction of sp³-hybridized carbons (Fsp3) is 0.400. The highest BCUT2D eigenvalue weighted by atomic mass is 32.1. The van der Waals surface area contributed by atoms with Crippen molar-refractivity contribution in [3.05, 3.63) is 36.4 Å². The second-order valence-corrected chi connectivity index (χ2v) is 8.44. The SMILES string of the molecule is CCN(CC[N+](C)(C)C)c1ccc(N=Nc2nc3ccc(OC)nc3s2)cc1. The number of azo groups is 1. The smallest absolute Gasteiger partial charge is 0.232 e. The van der Waals surface area contributed by atoms with Crippen LogP contribution in [-0.4, -0.2) is 62.3 Å². The summed E-state index contributed by atoms with van der Waals surface area (Å²) in [5.74, 6) is 0.570. The fourth-order valence-electron chi connectivity index (χ4n) is 2.67. The van der Waals surface area contributed by atoms with Gasteiger partial charge in [0.25, 0.3) is 0 Å². The second-order valence-electron chi connectivity index (χ2n) is 7.48. The van der Waals surface area contributed by atoms with Crippen LogP contribution in [0.15, 0.2) is 46.6 Å². The van der Waals surface area contributed by atoms with E-state index < -0.39 is 0 Å². The summed E-state index contributed by atoms with van der Waals surface area (Å²) in [7, 11) is 8.24. The highest BCUT2D eigenvalue weighted by molar-refractivity contribution is 7.21. The maximum Gasteiger partial charge on any atom is 0.232 e. The second kappa shape index (κ2) is 8.62. The number of benzene rings is 1. The molecule has 0 saturated carbocycles. The van der Waals surface area contributed by atoms with E-state index >= 15 is 0 Å². The first-order chi connectivity index (χ1) is 13.4. The van der Waals surface area contributed by atoms with E-state index in [4.69, 9.17) is 4.74 Å². The summed E-state index contributed by atoms with van der Waals surface area (Å²) in [4.78, 5) is 12.0. The number of fused-ring (bicyclic) bond motifs is 1. The molecular formula is C20H27N6OS+. The van der Waals surface area contributed by atoms with E-state index in [-0.39, 0.29) is 0 Å². The van der Waals surface area contributed by atoms with Gasteiger partial charge in [-0.1, -0.05) is 11.3 Å². The van der Waals surface area contributed by atoms with Gasteiger partial charge in [0, 0.05) is 18.3 Å². The van der Waals surface area contributed by atoms with Crippen LogP contribution in [0.2, 0.25) is 0 Å². The molecule has 28 heavy (non-hydrogen) atoms. The van der Waals surface area contributed by atoms with E-state index in [2.05, 4.69) is 65.3 Å². The molecule has 0 aliphatic heterocycles. The summed E-state index contributed by atoms with van der Waals surface area (Å²) in [5.41, 5.74) is 2.80. The molecule has 0 aliphatic rings. The number of aromatic nitrogens is 2. The molecule has 148 valence electrons. The van der Waals surface area contributed by atoms with Crippen molar-refractivity contribution in [3.63, 3.8) is 0 Å². The van der Waals surface area contributed by atoms with E-state index in [0.29, 0.717) is 11.0 Å². The van der Waals surface area contributed by atoms with Gasteiger partial charge >= 0.3 is 0 Å². The molecule has 0 radical (unpaired) electrons. The third-order valence-corrected chi connectivity index (χ3v) is 5.17. The molecule has 0 amide bonds. The highest BCUT2D eigenvalue weighted by Gasteiger charge is 2.11. The largest absolute Gasteiger partial charge is 0.481 e. The molecule has 0 fully saturated rings. The predicted molar refractivity (Wildman–Crippen MR) is 115 cm³/mol. The molecule has 3 aromatic rings. The molecule has 2 heterocycles. The molecule has 3 rings (SSSR count). The number of thiazole rings is 1. The Morgan fingerprint density at radius 1 is 1.04 bits per heavy atom. The van der Waals surface area contributed by atoms with Crippen LogP contribution in [-0.2, 0) is 0 Å². The van der Waals surface area contributed by atoms with Crippen molar-refractivity contribution in [1.29, 1.82) is 0 Å². The van der Waals surface area contributed by atoms with E-state index in [0.717, 1.165) is 40.2 Å². The molecule has 7 nitrogen and oxygen atoms in total. The number of hydrogen-bond donors (Lipinski definition) is 0. The van der Waals surface area contributed by atoms with Gasteiger partial charge in [0.05, 0.1) is 47.0 Å². The maximum absolute atomic E-state index is 5.15. The van der Waals surface area contributed by atoms with Crippen molar-refractivity contribution in [2.75, 3.05) is 52.8 Å². The van der Waals surface area contributed by atoms with Gasteiger partial charge in [-0.05, 0) is 37.3 Å². The van der Waals surface area contributed by atoms with Crippen molar-refractivity contribution < 1.29 is 9.22 Å². The zero-order chi connectivity index (χ0) is 20.1. The standard InChI is InChI=1S/C20H27N6OS/c1-6-25(13-14-26(2,3)4)16-9-7-15(8-10-16)23-24-20-21-17-11-12-18(27-5)22-19(17)28-20/h7-12H,6,13-14H2,1-5H3/q+1. The summed E-state index contributed by atoms with van der Waals surface area (Å²) in [6.45, 7) is 5.26. The molecule has 0 bridgehead atoms. The predicted octanol–water partition coefficient (Wildman–Crippen LogP) is 4.65. The summed E-state index contributed by atoms with van der Waals surface area (Å²) in [5, 5.41) is 9.17. The van der Waals surface area contributed by atoms with E-state index in [1.807, 2.05) is 18.2 Å². The Morgan fingerprint density at radius 3 is 2.43 bits per heavy atom. The molecular weight excluding hydrogens is 372 g/mol. The zero-order valence-electron chi connectivity index (χ0n) is 17.1. The van der Waals surface area contributed by atoms with E-state index in [1.54, 1.807) is 13.2 Å². The molecule has 0 aliphatic carbocycles. The minimum atomic E-state index is 0.570. The molecule has 1 aromatic carbocycles. The minimum Gasteiger partial charge on any atom is -0.481 e. The average Bonchev–Trinajstić information content (AvgIpc) is 3.09. The van der Waals surface area contributed by atoms with Crippen molar-refractivity contribution in [3.8, 4) is 5.88 Å². The van der Waals surface area contributed by atoms with Crippen LogP contribution in [0.5, 0.6) is 5.88 Å². The van der Waals surface area contributed by atoms with Crippen LogP contribution in [0.1, 0.15) is 6.92 Å². The zero-order valence-corrected chi connectivity index (χ0v) is 17.9. The van der Waals surface area contributed by atoms with Gasteiger partial charge < -0.3 is 14.1 Å². The van der Waals surface area contributed by atoms with Gasteiger partial charge in [-0.2, -0.15) is 0 Å². The topological polar surface area (TPSA) is 63.0 Å². The van der Waals surface area contributed by atoms with Gasteiger partial charge in [0.2, 0.25) is 11.0 Å². The van der Waals surface area contributed by atoms with Crippen LogP contribution in [0.3, 0.4) is 0 Å². The van der Waals surface area contributed by atoms with E-state index in [1.165, 1.54) is 17.0 Å². The maximum atomic E-state index is 5.15. The minimum absolute atomic E-state index is 0.570. The van der Waals surface area contributed by atoms with Crippen LogP contribution in [0, 0.1) is 0 Å². The number of nitrogens with zero attached hydrogens (tertiary/aromatic N) is 6. The van der Waals surface area contributed by atoms with Crippen molar-refractivity contribution in [2.24, 2.45) is 10.2 Å². The Labute approximate surface area is 169 Å². The molecule has 2 aromatic heterocycles. The van der Waals surface area contributed by atoms with Crippen LogP contribution in [0.25, 0.3) is 10.3 Å². The number of methoxy groups -OCH3 is 1. The Kier molecular flexibility index (Phi) is 6.21. The molecule has 0 saturated heterocycles. The lowest BCUT2D eigenvalue weighted by atomic mass is 10.2. The fourth-order valence-corrected chi connectivity index (χ4v) is 3.42. The first-order valence-electron chi connectivity index (χ1n) is 9.27. The first kappa shape index (κ1) is 20.2. The van der Waals surface area contributed by atoms with Crippen molar-refractivity contribution in [1.82, 2.24) is 9.97 Å². The van der Waals surface area contributed by atoms with Gasteiger partial charge in [0.1, 0.15) is 10.3 Å². The lowest BCUT2D eigenvalue weighted by Crippen LogP contribution is -2.42. The van der Waals surface area contributed by atoms with Crippen LogP contribution < -0.4 is 9.64 Å². The molecule has 8 heteroatoms. The molecule has 0 unspecified atom stereocenters. The number of hydrogen-bond acceptors (Lipinski definition) is 7. The number of pyridine rings is 1. The Morgan fingerprint density at radius 2 is 1.79 bits per heavy atom.